The summed E-state index contributed by atoms with van der Waals surface area (Å²) in [5, 5.41) is 0.939. The average Bonchev–Trinajstić information content (AvgIpc) is 3.08. The summed E-state index contributed by atoms with van der Waals surface area (Å²) < 4.78 is 12.8. The third-order valence-electron chi connectivity index (χ3n) is 5.26. The second-order valence-electron chi connectivity index (χ2n) is 7.97. The van der Waals surface area contributed by atoms with E-state index in [1.807, 2.05) is 12.1 Å². The maximum absolute atomic E-state index is 13.6. The predicted molar refractivity (Wildman–Crippen MR) is 134 cm³/mol. The Bertz CT molecular complexity index is 1470. The lowest BCUT2D eigenvalue weighted by Crippen LogP contribution is -2.40. The Balaban J connectivity index is 1.94. The van der Waals surface area contributed by atoms with Crippen molar-refractivity contribution < 1.29 is 14.3 Å². The molecule has 0 fully saturated rings. The molecule has 176 valence electrons. The van der Waals surface area contributed by atoms with Gasteiger partial charge in [-0.15, -0.1) is 0 Å². The Kier molecular flexibility index (Phi) is 6.98. The van der Waals surface area contributed by atoms with Gasteiger partial charge in [-0.25, -0.2) is 9.79 Å². The maximum atomic E-state index is 13.6. The minimum atomic E-state index is -0.698. The molecule has 4 rings (SSSR count). The minimum Gasteiger partial charge on any atom is -0.497 e. The molecular formula is C25H22Cl2N2O4S. The molecule has 0 spiro atoms. The Morgan fingerprint density at radius 3 is 2.50 bits per heavy atom. The van der Waals surface area contributed by atoms with Gasteiger partial charge in [0, 0.05) is 10.0 Å². The van der Waals surface area contributed by atoms with Crippen LogP contribution in [0.1, 0.15) is 37.9 Å². The second-order valence-corrected chi connectivity index (χ2v) is 9.83. The first-order chi connectivity index (χ1) is 16.2. The topological polar surface area (TPSA) is 69.9 Å². The van der Waals surface area contributed by atoms with Crippen molar-refractivity contribution in [2.75, 3.05) is 7.11 Å². The molecule has 1 aliphatic rings. The molecule has 0 amide bonds. The molecule has 0 saturated carbocycles. The number of hydrogen-bond donors (Lipinski definition) is 0. The lowest BCUT2D eigenvalue weighted by atomic mass is 9.96. The fourth-order valence-corrected chi connectivity index (χ4v) is 5.22. The van der Waals surface area contributed by atoms with Gasteiger partial charge in [0.05, 0.1) is 35.1 Å². The van der Waals surface area contributed by atoms with Crippen LogP contribution in [0.5, 0.6) is 5.75 Å². The summed E-state index contributed by atoms with van der Waals surface area (Å²) in [6.07, 6.45) is 1.39. The molecule has 0 unspecified atom stereocenters. The molecule has 0 N–H and O–H groups in total. The first-order valence-electron chi connectivity index (χ1n) is 10.5. The van der Waals surface area contributed by atoms with Gasteiger partial charge in [-0.2, -0.15) is 0 Å². The van der Waals surface area contributed by atoms with Gasteiger partial charge in [-0.1, -0.05) is 52.7 Å². The quantitative estimate of drug-likeness (QED) is 0.468. The summed E-state index contributed by atoms with van der Waals surface area (Å²) in [5.41, 5.74) is 1.94. The van der Waals surface area contributed by atoms with Crippen LogP contribution in [0.2, 0.25) is 10.0 Å². The number of aromatic nitrogens is 1. The van der Waals surface area contributed by atoms with E-state index in [4.69, 9.17) is 32.7 Å². The molecule has 34 heavy (non-hydrogen) atoms. The van der Waals surface area contributed by atoms with Crippen LogP contribution in [0.25, 0.3) is 6.08 Å². The standard InChI is InChI=1S/C25H22Cl2N2O4S/c1-13(2)33-24(31)21-14(3)28-25-29(22(21)15-6-9-18(32-4)10-7-15)23(30)20(34-25)11-16-5-8-17(26)12-19(16)27/h5-13,22H,1-4H3/b20-11-/t22-/m0/s1. The van der Waals surface area contributed by atoms with Crippen LogP contribution >= 0.6 is 34.5 Å². The van der Waals surface area contributed by atoms with Gasteiger partial charge in [0.15, 0.2) is 4.80 Å². The van der Waals surface area contributed by atoms with Crippen molar-refractivity contribution in [3.8, 4) is 5.75 Å². The summed E-state index contributed by atoms with van der Waals surface area (Å²) >= 11 is 13.6. The largest absolute Gasteiger partial charge is 0.497 e. The fourth-order valence-electron chi connectivity index (χ4n) is 3.72. The molecule has 1 atom stereocenters. The van der Waals surface area contributed by atoms with E-state index < -0.39 is 12.0 Å². The highest BCUT2D eigenvalue weighted by molar-refractivity contribution is 7.07. The number of carbonyl (C=O) groups excluding carboxylic acids is 1. The zero-order valence-corrected chi connectivity index (χ0v) is 21.3. The number of allylic oxidation sites excluding steroid dienone is 1. The molecule has 2 aromatic carbocycles. The summed E-state index contributed by atoms with van der Waals surface area (Å²) in [5.74, 6) is 0.160. The predicted octanol–water partition coefficient (Wildman–Crippen LogP) is 4.50. The Labute approximate surface area is 210 Å². The number of esters is 1. The van der Waals surface area contributed by atoms with Crippen LogP contribution in [-0.2, 0) is 9.53 Å². The minimum absolute atomic E-state index is 0.280. The van der Waals surface area contributed by atoms with E-state index in [2.05, 4.69) is 4.99 Å². The third kappa shape index (κ3) is 4.69. The van der Waals surface area contributed by atoms with Crippen molar-refractivity contribution >= 4 is 46.6 Å². The Morgan fingerprint density at radius 1 is 1.18 bits per heavy atom. The molecule has 0 saturated heterocycles. The van der Waals surface area contributed by atoms with Gasteiger partial charge in [0.2, 0.25) is 0 Å². The third-order valence-corrected chi connectivity index (χ3v) is 6.81. The van der Waals surface area contributed by atoms with Crippen molar-refractivity contribution in [3.05, 3.63) is 94.6 Å². The molecule has 0 bridgehead atoms. The highest BCUT2D eigenvalue weighted by Gasteiger charge is 2.33. The van der Waals surface area contributed by atoms with E-state index in [0.717, 1.165) is 5.56 Å². The summed E-state index contributed by atoms with van der Waals surface area (Å²) in [6.45, 7) is 5.31. The van der Waals surface area contributed by atoms with Crippen LogP contribution in [0.15, 0.2) is 63.5 Å². The number of halogens is 2. The Morgan fingerprint density at radius 2 is 1.88 bits per heavy atom. The van der Waals surface area contributed by atoms with Crippen LogP contribution in [-0.4, -0.2) is 23.8 Å². The van der Waals surface area contributed by atoms with Gasteiger partial charge in [0.1, 0.15) is 5.75 Å². The van der Waals surface area contributed by atoms with Gasteiger partial charge in [-0.3, -0.25) is 9.36 Å². The van der Waals surface area contributed by atoms with E-state index in [9.17, 15) is 9.59 Å². The molecule has 0 aliphatic carbocycles. The number of carbonyl (C=O) groups is 1. The SMILES string of the molecule is COc1ccc([C@H]2C(C(=O)OC(C)C)=C(C)N=c3s/c(=C\c4ccc(Cl)cc4Cl)c(=O)n32)cc1. The first kappa shape index (κ1) is 24.3. The highest BCUT2D eigenvalue weighted by atomic mass is 35.5. The summed E-state index contributed by atoms with van der Waals surface area (Å²) in [7, 11) is 1.58. The van der Waals surface area contributed by atoms with Gasteiger partial charge in [0.25, 0.3) is 5.56 Å². The molecule has 3 aromatic rings. The van der Waals surface area contributed by atoms with Gasteiger partial charge < -0.3 is 9.47 Å². The van der Waals surface area contributed by atoms with Gasteiger partial charge >= 0.3 is 5.97 Å². The number of fused-ring (bicyclic) bond motifs is 1. The number of nitrogens with zero attached hydrogens (tertiary/aromatic N) is 2. The van der Waals surface area contributed by atoms with Crippen molar-refractivity contribution in [2.24, 2.45) is 4.99 Å². The van der Waals surface area contributed by atoms with Crippen LogP contribution in [0.4, 0.5) is 0 Å². The van der Waals surface area contributed by atoms with Crippen molar-refractivity contribution in [1.29, 1.82) is 0 Å². The lowest BCUT2D eigenvalue weighted by Gasteiger charge is -2.25. The normalized spacial score (nSPS) is 15.9. The monoisotopic (exact) mass is 516 g/mol. The van der Waals surface area contributed by atoms with Crippen molar-refractivity contribution in [3.63, 3.8) is 0 Å². The first-order valence-corrected chi connectivity index (χ1v) is 12.1. The fraction of sp³-hybridized carbons (Fsp3) is 0.240. The van der Waals surface area contributed by atoms with Gasteiger partial charge in [-0.05, 0) is 62.2 Å². The maximum Gasteiger partial charge on any atom is 0.338 e. The number of benzene rings is 2. The zero-order valence-electron chi connectivity index (χ0n) is 19.0. The molecule has 0 radical (unpaired) electrons. The van der Waals surface area contributed by atoms with Crippen LogP contribution in [0, 0.1) is 0 Å². The zero-order chi connectivity index (χ0) is 24.6. The smallest absolute Gasteiger partial charge is 0.338 e. The average molecular weight is 517 g/mol. The molecule has 2 heterocycles. The van der Waals surface area contributed by atoms with E-state index >= 15 is 0 Å². The summed E-state index contributed by atoms with van der Waals surface area (Å²) in [6, 6.07) is 11.6. The molecule has 1 aliphatic heterocycles. The van der Waals surface area contributed by atoms with E-state index in [1.54, 1.807) is 64.3 Å². The van der Waals surface area contributed by atoms with Crippen molar-refractivity contribution in [2.45, 2.75) is 32.9 Å². The molecular weight excluding hydrogens is 495 g/mol. The summed E-state index contributed by atoms with van der Waals surface area (Å²) in [4.78, 5) is 31.8. The lowest BCUT2D eigenvalue weighted by molar-refractivity contribution is -0.143. The van der Waals surface area contributed by atoms with Crippen molar-refractivity contribution in [1.82, 2.24) is 4.57 Å². The van der Waals surface area contributed by atoms with Crippen LogP contribution < -0.4 is 19.6 Å². The number of thiazole rings is 1. The highest BCUT2D eigenvalue weighted by Crippen LogP contribution is 2.32. The molecule has 1 aromatic heterocycles. The second kappa shape index (κ2) is 9.78. The van der Waals surface area contributed by atoms with E-state index in [-0.39, 0.29) is 11.7 Å². The Hall–Kier alpha value is -2.87. The van der Waals surface area contributed by atoms with E-state index in [1.165, 1.54) is 15.9 Å². The van der Waals surface area contributed by atoms with Crippen LogP contribution in [0.3, 0.4) is 0 Å². The van der Waals surface area contributed by atoms with E-state index in [0.29, 0.717) is 42.0 Å². The molecule has 9 heteroatoms. The number of hydrogen-bond acceptors (Lipinski definition) is 6. The number of rotatable bonds is 5. The number of ether oxygens (including phenoxy) is 2. The molecule has 6 nitrogen and oxygen atoms in total. The number of methoxy groups -OCH3 is 1.